The van der Waals surface area contributed by atoms with E-state index in [0.29, 0.717) is 0 Å². The normalized spacial score (nSPS) is 15.1. The van der Waals surface area contributed by atoms with Crippen LogP contribution in [0.25, 0.3) is 10.8 Å². The summed E-state index contributed by atoms with van der Waals surface area (Å²) in [6, 6.07) is 11.7. The van der Waals surface area contributed by atoms with Crippen LogP contribution in [0.4, 0.5) is 0 Å². The fraction of sp³-hybridized carbons (Fsp3) is 0.333. The number of rotatable bonds is 6. The number of carbonyl (C=O) groups is 1. The van der Waals surface area contributed by atoms with Gasteiger partial charge in [0.05, 0.1) is 17.5 Å². The van der Waals surface area contributed by atoms with Crippen LogP contribution in [0.1, 0.15) is 23.0 Å². The van der Waals surface area contributed by atoms with Gasteiger partial charge in [0.2, 0.25) is 0 Å². The topological polar surface area (TPSA) is 49.6 Å². The number of carbonyl (C=O) groups excluding carboxylic acids is 1. The molecule has 3 heterocycles. The van der Waals surface area contributed by atoms with Gasteiger partial charge in [-0.1, -0.05) is 19.1 Å². The van der Waals surface area contributed by atoms with Crippen molar-refractivity contribution in [3.63, 3.8) is 0 Å². The first-order chi connectivity index (χ1) is 13.7. The highest BCUT2D eigenvalue weighted by atomic mass is 32.2. The summed E-state index contributed by atoms with van der Waals surface area (Å²) in [5.41, 5.74) is 1.88. The Labute approximate surface area is 173 Å². The van der Waals surface area contributed by atoms with Crippen LogP contribution in [0.15, 0.2) is 57.4 Å². The Kier molecular flexibility index (Phi) is 6.14. The minimum absolute atomic E-state index is 0.143. The van der Waals surface area contributed by atoms with Crippen molar-refractivity contribution < 1.29 is 9.21 Å². The number of nitrogens with zero attached hydrogens (tertiary/aromatic N) is 3. The number of benzene rings is 1. The summed E-state index contributed by atoms with van der Waals surface area (Å²) in [4.78, 5) is 23.1. The molecule has 0 radical (unpaired) electrons. The molecule has 1 aromatic carbocycles. The fourth-order valence-corrected chi connectivity index (χ4v) is 4.90. The molecule has 28 heavy (non-hydrogen) atoms. The largest absolute Gasteiger partial charge is 0.462 e. The number of hydrogen-bond donors (Lipinski definition) is 0. The molecule has 1 aliphatic rings. The van der Waals surface area contributed by atoms with Crippen molar-refractivity contribution in [3.05, 3.63) is 59.3 Å². The van der Waals surface area contributed by atoms with Crippen molar-refractivity contribution in [2.45, 2.75) is 18.4 Å². The average Bonchev–Trinajstić information content (AvgIpc) is 3.41. The molecule has 4 rings (SSSR count). The lowest BCUT2D eigenvalue weighted by Crippen LogP contribution is -2.48. The van der Waals surface area contributed by atoms with E-state index in [9.17, 15) is 4.79 Å². The SMILES string of the molecule is CCSc1ccccc1C(=O)N1CCN(Cc2csc(-c3ccco3)n2)CC1. The third-order valence-electron chi connectivity index (χ3n) is 4.75. The first-order valence-corrected chi connectivity index (χ1v) is 11.3. The number of thiazole rings is 1. The molecule has 1 fully saturated rings. The summed E-state index contributed by atoms with van der Waals surface area (Å²) < 4.78 is 5.42. The zero-order chi connectivity index (χ0) is 19.3. The highest BCUT2D eigenvalue weighted by molar-refractivity contribution is 7.99. The molecular weight excluding hydrogens is 390 g/mol. The second-order valence-electron chi connectivity index (χ2n) is 6.62. The molecule has 5 nitrogen and oxygen atoms in total. The minimum atomic E-state index is 0.143. The van der Waals surface area contributed by atoms with Crippen LogP contribution in [0.5, 0.6) is 0 Å². The van der Waals surface area contributed by atoms with E-state index in [0.717, 1.165) is 65.4 Å². The van der Waals surface area contributed by atoms with E-state index in [-0.39, 0.29) is 5.91 Å². The van der Waals surface area contributed by atoms with Crippen LogP contribution >= 0.6 is 23.1 Å². The van der Waals surface area contributed by atoms with E-state index in [1.807, 2.05) is 41.3 Å². The van der Waals surface area contributed by atoms with Gasteiger partial charge in [0.15, 0.2) is 10.8 Å². The molecule has 7 heteroatoms. The van der Waals surface area contributed by atoms with E-state index in [4.69, 9.17) is 4.42 Å². The van der Waals surface area contributed by atoms with Gasteiger partial charge in [0, 0.05) is 43.0 Å². The fourth-order valence-electron chi connectivity index (χ4n) is 3.33. The van der Waals surface area contributed by atoms with Gasteiger partial charge in [-0.25, -0.2) is 4.98 Å². The second-order valence-corrected chi connectivity index (χ2v) is 8.78. The van der Waals surface area contributed by atoms with Crippen LogP contribution in [0, 0.1) is 0 Å². The number of amides is 1. The van der Waals surface area contributed by atoms with Crippen molar-refractivity contribution in [2.24, 2.45) is 0 Å². The lowest BCUT2D eigenvalue weighted by atomic mass is 10.1. The quantitative estimate of drug-likeness (QED) is 0.558. The highest BCUT2D eigenvalue weighted by Gasteiger charge is 2.24. The summed E-state index contributed by atoms with van der Waals surface area (Å²) in [7, 11) is 0. The summed E-state index contributed by atoms with van der Waals surface area (Å²) in [6.45, 7) is 6.14. The maximum Gasteiger partial charge on any atom is 0.255 e. The molecule has 146 valence electrons. The minimum Gasteiger partial charge on any atom is -0.462 e. The summed E-state index contributed by atoms with van der Waals surface area (Å²) in [6.07, 6.45) is 1.67. The monoisotopic (exact) mass is 413 g/mol. The molecular formula is C21H23N3O2S2. The first-order valence-electron chi connectivity index (χ1n) is 9.46. The van der Waals surface area contributed by atoms with Gasteiger partial charge in [-0.2, -0.15) is 0 Å². The van der Waals surface area contributed by atoms with Gasteiger partial charge in [-0.15, -0.1) is 23.1 Å². The Morgan fingerprint density at radius 3 is 2.75 bits per heavy atom. The van der Waals surface area contributed by atoms with Crippen LogP contribution in [0.3, 0.4) is 0 Å². The lowest BCUT2D eigenvalue weighted by molar-refractivity contribution is 0.0624. The van der Waals surface area contributed by atoms with Crippen molar-refractivity contribution in [2.75, 3.05) is 31.9 Å². The van der Waals surface area contributed by atoms with Crippen LogP contribution in [-0.2, 0) is 6.54 Å². The molecule has 1 amide bonds. The van der Waals surface area contributed by atoms with Crippen molar-refractivity contribution in [3.8, 4) is 10.8 Å². The Morgan fingerprint density at radius 1 is 1.18 bits per heavy atom. The molecule has 0 saturated carbocycles. The molecule has 0 aliphatic carbocycles. The average molecular weight is 414 g/mol. The van der Waals surface area contributed by atoms with E-state index in [2.05, 4.69) is 22.2 Å². The summed E-state index contributed by atoms with van der Waals surface area (Å²) >= 11 is 3.33. The molecule has 0 spiro atoms. The number of thioether (sulfide) groups is 1. The van der Waals surface area contributed by atoms with Gasteiger partial charge >= 0.3 is 0 Å². The third-order valence-corrected chi connectivity index (χ3v) is 6.61. The zero-order valence-corrected chi connectivity index (χ0v) is 17.5. The standard InChI is InChI=1S/C21H23N3O2S2/c1-2-27-19-8-4-3-6-17(19)21(25)24-11-9-23(10-12-24)14-16-15-28-20(22-16)18-7-5-13-26-18/h3-8,13,15H,2,9-12,14H2,1H3. The molecule has 2 aromatic heterocycles. The highest BCUT2D eigenvalue weighted by Crippen LogP contribution is 2.26. The van der Waals surface area contributed by atoms with E-state index in [1.54, 1.807) is 29.4 Å². The molecule has 0 unspecified atom stereocenters. The molecule has 0 atom stereocenters. The van der Waals surface area contributed by atoms with Gasteiger partial charge in [0.1, 0.15) is 0 Å². The summed E-state index contributed by atoms with van der Waals surface area (Å²) in [5.74, 6) is 1.92. The molecule has 1 saturated heterocycles. The van der Waals surface area contributed by atoms with Crippen molar-refractivity contribution >= 4 is 29.0 Å². The predicted octanol–water partition coefficient (Wildman–Crippen LogP) is 4.47. The van der Waals surface area contributed by atoms with E-state index >= 15 is 0 Å². The van der Waals surface area contributed by atoms with Gasteiger partial charge in [-0.05, 0) is 30.0 Å². The maximum absolute atomic E-state index is 13.0. The zero-order valence-electron chi connectivity index (χ0n) is 15.8. The molecule has 1 aliphatic heterocycles. The van der Waals surface area contributed by atoms with Crippen molar-refractivity contribution in [1.29, 1.82) is 0 Å². The van der Waals surface area contributed by atoms with Crippen LogP contribution in [0.2, 0.25) is 0 Å². The maximum atomic E-state index is 13.0. The predicted molar refractivity (Wildman–Crippen MR) is 114 cm³/mol. The first kappa shape index (κ1) is 19.2. The summed E-state index contributed by atoms with van der Waals surface area (Å²) in [5, 5.41) is 3.01. The smallest absolute Gasteiger partial charge is 0.255 e. The number of hydrogen-bond acceptors (Lipinski definition) is 6. The number of furan rings is 1. The van der Waals surface area contributed by atoms with Crippen LogP contribution < -0.4 is 0 Å². The lowest BCUT2D eigenvalue weighted by Gasteiger charge is -2.34. The van der Waals surface area contributed by atoms with E-state index < -0.39 is 0 Å². The van der Waals surface area contributed by atoms with Crippen molar-refractivity contribution in [1.82, 2.24) is 14.8 Å². The van der Waals surface area contributed by atoms with E-state index in [1.165, 1.54) is 0 Å². The van der Waals surface area contributed by atoms with Gasteiger partial charge in [-0.3, -0.25) is 9.69 Å². The Hall–Kier alpha value is -2.09. The second kappa shape index (κ2) is 8.94. The molecule has 0 N–H and O–H groups in total. The Bertz CT molecular complexity index is 915. The Balaban J connectivity index is 1.34. The molecule has 3 aromatic rings. The molecule has 0 bridgehead atoms. The van der Waals surface area contributed by atoms with Gasteiger partial charge in [0.25, 0.3) is 5.91 Å². The number of aromatic nitrogens is 1. The Morgan fingerprint density at radius 2 is 2.00 bits per heavy atom. The van der Waals surface area contributed by atoms with Crippen LogP contribution in [-0.4, -0.2) is 52.6 Å². The third kappa shape index (κ3) is 4.32. The van der Waals surface area contributed by atoms with Gasteiger partial charge < -0.3 is 9.32 Å². The number of piperazine rings is 1.